The van der Waals surface area contributed by atoms with Crippen molar-refractivity contribution < 1.29 is 28.6 Å². The first-order chi connectivity index (χ1) is 12.1. The molecule has 0 aromatic rings. The first kappa shape index (κ1) is 19.0. The fraction of sp³-hybridized carbons (Fsp3) is 0.842. The smallest absolute Gasteiger partial charge is 0.408 e. The van der Waals surface area contributed by atoms with E-state index in [4.69, 9.17) is 14.2 Å². The summed E-state index contributed by atoms with van der Waals surface area (Å²) < 4.78 is 15.9. The lowest BCUT2D eigenvalue weighted by atomic mass is 9.85. The molecule has 3 fully saturated rings. The molecule has 26 heavy (non-hydrogen) atoms. The Morgan fingerprint density at radius 2 is 1.65 bits per heavy atom. The van der Waals surface area contributed by atoms with Gasteiger partial charge in [-0.1, -0.05) is 0 Å². The van der Waals surface area contributed by atoms with Gasteiger partial charge in [-0.15, -0.1) is 0 Å². The van der Waals surface area contributed by atoms with E-state index in [1.54, 1.807) is 34.6 Å². The van der Waals surface area contributed by atoms with Crippen LogP contribution in [0, 0.1) is 23.2 Å². The maximum absolute atomic E-state index is 12.9. The number of nitrogens with one attached hydrogen (secondary N) is 1. The van der Waals surface area contributed by atoms with Crippen molar-refractivity contribution >= 4 is 18.0 Å². The lowest BCUT2D eigenvalue weighted by Crippen LogP contribution is -2.58. The molecule has 1 spiro atoms. The Hall–Kier alpha value is -1.79. The second-order valence-electron chi connectivity index (χ2n) is 8.69. The quantitative estimate of drug-likeness (QED) is 0.593. The summed E-state index contributed by atoms with van der Waals surface area (Å²) in [6.07, 6.45) is 1.77. The SMILES string of the molecule is CCOC(=O)[C@H]1[C@H]2[C@@H]1[C@](NC(=O)OC(C)(C)C)(C(=O)OCC)CC21CC1. The molecular formula is C19H29NO6. The van der Waals surface area contributed by atoms with Crippen LogP contribution in [0.1, 0.15) is 53.9 Å². The van der Waals surface area contributed by atoms with Crippen LogP contribution in [0.5, 0.6) is 0 Å². The molecule has 0 bridgehead atoms. The van der Waals surface area contributed by atoms with Crippen LogP contribution in [0.4, 0.5) is 4.79 Å². The zero-order valence-corrected chi connectivity index (χ0v) is 16.2. The van der Waals surface area contributed by atoms with E-state index < -0.39 is 23.2 Å². The summed E-state index contributed by atoms with van der Waals surface area (Å²) in [7, 11) is 0. The Labute approximate surface area is 154 Å². The summed E-state index contributed by atoms with van der Waals surface area (Å²) in [5.74, 6) is -1.33. The van der Waals surface area contributed by atoms with Gasteiger partial charge in [-0.05, 0) is 65.2 Å². The number of alkyl carbamates (subject to hydrolysis) is 1. The van der Waals surface area contributed by atoms with Crippen LogP contribution in [0.25, 0.3) is 0 Å². The van der Waals surface area contributed by atoms with E-state index in [2.05, 4.69) is 5.32 Å². The van der Waals surface area contributed by atoms with Crippen molar-refractivity contribution in [3.63, 3.8) is 0 Å². The first-order valence-electron chi connectivity index (χ1n) is 9.45. The third kappa shape index (κ3) is 3.05. The van der Waals surface area contributed by atoms with Crippen molar-refractivity contribution in [2.45, 2.75) is 65.0 Å². The predicted octanol–water partition coefficient (Wildman–Crippen LogP) is 2.42. The van der Waals surface area contributed by atoms with E-state index in [0.717, 1.165) is 12.8 Å². The van der Waals surface area contributed by atoms with Crippen molar-refractivity contribution in [3.05, 3.63) is 0 Å². The summed E-state index contributed by atoms with van der Waals surface area (Å²) in [5, 5.41) is 2.80. The summed E-state index contributed by atoms with van der Waals surface area (Å²) in [5.41, 5.74) is -1.96. The zero-order valence-electron chi connectivity index (χ0n) is 16.2. The molecule has 1 amide bonds. The molecule has 0 aromatic heterocycles. The summed E-state index contributed by atoms with van der Waals surface area (Å²) in [6.45, 7) is 9.30. The van der Waals surface area contributed by atoms with E-state index >= 15 is 0 Å². The molecule has 4 atom stereocenters. The molecule has 1 N–H and O–H groups in total. The van der Waals surface area contributed by atoms with Gasteiger partial charge < -0.3 is 19.5 Å². The van der Waals surface area contributed by atoms with E-state index in [1.807, 2.05) is 0 Å². The first-order valence-corrected chi connectivity index (χ1v) is 9.45. The molecule has 0 heterocycles. The Morgan fingerprint density at radius 3 is 2.15 bits per heavy atom. The molecule has 0 radical (unpaired) electrons. The number of ether oxygens (including phenoxy) is 3. The van der Waals surface area contributed by atoms with Crippen molar-refractivity contribution in [3.8, 4) is 0 Å². The van der Waals surface area contributed by atoms with E-state index in [9.17, 15) is 14.4 Å². The van der Waals surface area contributed by atoms with E-state index in [0.29, 0.717) is 13.0 Å². The minimum Gasteiger partial charge on any atom is -0.466 e. The number of fused-ring (bicyclic) bond motifs is 2. The lowest BCUT2D eigenvalue weighted by Gasteiger charge is -2.33. The van der Waals surface area contributed by atoms with Gasteiger partial charge in [0.2, 0.25) is 0 Å². The van der Waals surface area contributed by atoms with E-state index in [1.165, 1.54) is 0 Å². The number of carbonyl (C=O) groups is 3. The van der Waals surface area contributed by atoms with Gasteiger partial charge >= 0.3 is 18.0 Å². The number of rotatable bonds is 5. The van der Waals surface area contributed by atoms with Gasteiger partial charge in [0.15, 0.2) is 0 Å². The number of amides is 1. The highest BCUT2D eigenvalue weighted by Gasteiger charge is 2.83. The van der Waals surface area contributed by atoms with E-state index in [-0.39, 0.29) is 35.7 Å². The monoisotopic (exact) mass is 367 g/mol. The largest absolute Gasteiger partial charge is 0.466 e. The average molecular weight is 367 g/mol. The Balaban J connectivity index is 1.88. The maximum atomic E-state index is 12.9. The third-order valence-corrected chi connectivity index (χ3v) is 5.74. The topological polar surface area (TPSA) is 90.9 Å². The summed E-state index contributed by atoms with van der Waals surface area (Å²) in [6, 6.07) is 0. The van der Waals surface area contributed by atoms with Crippen LogP contribution in [0.3, 0.4) is 0 Å². The Kier molecular flexibility index (Phi) is 4.48. The second kappa shape index (κ2) is 6.13. The van der Waals surface area contributed by atoms with Gasteiger partial charge in [0.25, 0.3) is 0 Å². The van der Waals surface area contributed by atoms with Gasteiger partial charge in [-0.2, -0.15) is 0 Å². The fourth-order valence-electron chi connectivity index (χ4n) is 4.81. The van der Waals surface area contributed by atoms with Gasteiger partial charge in [-0.3, -0.25) is 4.79 Å². The highest BCUT2D eigenvalue weighted by Crippen LogP contribution is 2.79. The molecule has 7 heteroatoms. The van der Waals surface area contributed by atoms with Gasteiger partial charge in [0.05, 0.1) is 19.1 Å². The van der Waals surface area contributed by atoms with Crippen LogP contribution in [0.15, 0.2) is 0 Å². The summed E-state index contributed by atoms with van der Waals surface area (Å²) in [4.78, 5) is 37.8. The molecular weight excluding hydrogens is 338 g/mol. The average Bonchev–Trinajstić information content (AvgIpc) is 3.37. The zero-order chi connectivity index (χ0) is 19.3. The maximum Gasteiger partial charge on any atom is 0.408 e. The Morgan fingerprint density at radius 1 is 1.04 bits per heavy atom. The van der Waals surface area contributed by atoms with Crippen molar-refractivity contribution in [2.24, 2.45) is 23.2 Å². The van der Waals surface area contributed by atoms with Crippen LogP contribution in [0.2, 0.25) is 0 Å². The molecule has 0 saturated heterocycles. The van der Waals surface area contributed by atoms with Crippen LogP contribution in [-0.4, -0.2) is 42.4 Å². The normalized spacial score (nSPS) is 33.2. The number of carbonyl (C=O) groups excluding carboxylic acids is 3. The van der Waals surface area contributed by atoms with Gasteiger partial charge in [0, 0.05) is 5.92 Å². The molecule has 0 unspecified atom stereocenters. The van der Waals surface area contributed by atoms with Crippen molar-refractivity contribution in [2.75, 3.05) is 13.2 Å². The van der Waals surface area contributed by atoms with Gasteiger partial charge in [-0.25, -0.2) is 9.59 Å². The minimum absolute atomic E-state index is 0.0656. The number of hydrogen-bond acceptors (Lipinski definition) is 6. The molecule has 3 saturated carbocycles. The number of hydrogen-bond donors (Lipinski definition) is 1. The lowest BCUT2D eigenvalue weighted by molar-refractivity contribution is -0.154. The van der Waals surface area contributed by atoms with Crippen LogP contribution in [-0.2, 0) is 23.8 Å². The molecule has 7 nitrogen and oxygen atoms in total. The standard InChI is InChI=1S/C19H29NO6/c1-6-24-14(21)11-12-13(11)19(15(22)25-7-2,10-18(12)8-9-18)20-16(23)26-17(3,4)5/h11-13H,6-10H2,1-5H3,(H,20,23)/t11-,12-,13+,19-/m0/s1. The third-order valence-electron chi connectivity index (χ3n) is 5.74. The number of esters is 2. The molecule has 3 aliphatic carbocycles. The highest BCUT2D eigenvalue weighted by atomic mass is 16.6. The van der Waals surface area contributed by atoms with Crippen LogP contribution < -0.4 is 5.32 Å². The molecule has 0 aliphatic heterocycles. The van der Waals surface area contributed by atoms with Crippen LogP contribution >= 0.6 is 0 Å². The predicted molar refractivity (Wildman–Crippen MR) is 92.1 cm³/mol. The Bertz CT molecular complexity index is 620. The molecule has 146 valence electrons. The van der Waals surface area contributed by atoms with Gasteiger partial charge in [0.1, 0.15) is 11.1 Å². The van der Waals surface area contributed by atoms with Crippen molar-refractivity contribution in [1.29, 1.82) is 0 Å². The molecule has 3 aliphatic rings. The molecule has 0 aromatic carbocycles. The second-order valence-corrected chi connectivity index (χ2v) is 8.69. The summed E-state index contributed by atoms with van der Waals surface area (Å²) >= 11 is 0. The minimum atomic E-state index is -1.21. The highest BCUT2D eigenvalue weighted by molar-refractivity contribution is 5.91. The van der Waals surface area contributed by atoms with Crippen molar-refractivity contribution in [1.82, 2.24) is 5.32 Å². The molecule has 3 rings (SSSR count). The fourth-order valence-corrected chi connectivity index (χ4v) is 4.81.